The van der Waals surface area contributed by atoms with Crippen molar-refractivity contribution in [2.45, 2.75) is 25.9 Å². The summed E-state index contributed by atoms with van der Waals surface area (Å²) in [4.78, 5) is 26.3. The number of amides is 1. The zero-order valence-corrected chi connectivity index (χ0v) is 12.4. The summed E-state index contributed by atoms with van der Waals surface area (Å²) in [5.41, 5.74) is 1.37. The molecule has 0 unspecified atom stereocenters. The lowest BCUT2D eigenvalue weighted by Gasteiger charge is -2.32. The number of hydrogen-bond donors (Lipinski definition) is 0. The van der Waals surface area contributed by atoms with Gasteiger partial charge in [0.1, 0.15) is 12.1 Å². The Bertz CT molecular complexity index is 629. The topological polar surface area (TPSA) is 81.4 Å². The Morgan fingerprint density at radius 1 is 1.45 bits per heavy atom. The first-order valence-corrected chi connectivity index (χ1v) is 7.30. The minimum Gasteiger partial charge on any atom is -0.448 e. The van der Waals surface area contributed by atoms with Crippen molar-refractivity contribution in [2.24, 2.45) is 0 Å². The summed E-state index contributed by atoms with van der Waals surface area (Å²) in [5, 5.41) is 0. The number of nitrogens with zero attached hydrogens (tertiary/aromatic N) is 4. The van der Waals surface area contributed by atoms with Crippen molar-refractivity contribution in [3.8, 4) is 0 Å². The first-order valence-electron chi connectivity index (χ1n) is 7.30. The van der Waals surface area contributed by atoms with E-state index in [0.29, 0.717) is 31.2 Å². The summed E-state index contributed by atoms with van der Waals surface area (Å²) in [6.07, 6.45) is 6.21. The van der Waals surface area contributed by atoms with Crippen molar-refractivity contribution < 1.29 is 13.9 Å². The van der Waals surface area contributed by atoms with Crippen LogP contribution in [0.15, 0.2) is 29.4 Å². The predicted octanol–water partition coefficient (Wildman–Crippen LogP) is 1.25. The molecule has 0 N–H and O–H groups in total. The molecule has 116 valence electrons. The summed E-state index contributed by atoms with van der Waals surface area (Å²) in [6, 6.07) is 1.89. The van der Waals surface area contributed by atoms with Crippen molar-refractivity contribution in [3.63, 3.8) is 0 Å². The second-order valence-electron chi connectivity index (χ2n) is 5.24. The average molecular weight is 302 g/mol. The number of carbonyl (C=O) groups excluding carboxylic acids is 1. The number of rotatable bonds is 4. The average Bonchev–Trinajstić information content (AvgIpc) is 2.99. The van der Waals surface area contributed by atoms with E-state index in [-0.39, 0.29) is 12.0 Å². The highest BCUT2D eigenvalue weighted by atomic mass is 16.5. The number of aryl methyl sites for hydroxylation is 2. The molecule has 1 aliphatic rings. The van der Waals surface area contributed by atoms with Gasteiger partial charge < -0.3 is 14.1 Å². The standard InChI is InChI=1S/C15H18N4O3/c1-11-14(18-10-22-11)15(20)19-6-7-21-13(8-19)3-2-12-4-5-16-9-17-12/h4-5,9-10,13H,2-3,6-8H2,1H3/t13-/m1/s1. The molecule has 2 aromatic heterocycles. The van der Waals surface area contributed by atoms with Crippen molar-refractivity contribution >= 4 is 5.91 Å². The molecule has 1 fully saturated rings. The van der Waals surface area contributed by atoms with Crippen LogP contribution in [0.25, 0.3) is 0 Å². The third kappa shape index (κ3) is 3.30. The molecule has 0 radical (unpaired) electrons. The lowest BCUT2D eigenvalue weighted by molar-refractivity contribution is -0.0249. The molecule has 2 aromatic rings. The Kier molecular flexibility index (Phi) is 4.43. The molecule has 7 nitrogen and oxygen atoms in total. The maximum Gasteiger partial charge on any atom is 0.276 e. The fourth-order valence-corrected chi connectivity index (χ4v) is 2.51. The van der Waals surface area contributed by atoms with Crippen molar-refractivity contribution in [3.05, 3.63) is 42.1 Å². The van der Waals surface area contributed by atoms with Crippen LogP contribution in [0.2, 0.25) is 0 Å². The molecule has 1 saturated heterocycles. The van der Waals surface area contributed by atoms with Gasteiger partial charge >= 0.3 is 0 Å². The minimum absolute atomic E-state index is 0.0138. The van der Waals surface area contributed by atoms with E-state index in [4.69, 9.17) is 9.15 Å². The van der Waals surface area contributed by atoms with Crippen LogP contribution < -0.4 is 0 Å². The molecular weight excluding hydrogens is 284 g/mol. The van der Waals surface area contributed by atoms with E-state index in [1.807, 2.05) is 6.07 Å². The molecule has 0 aromatic carbocycles. The van der Waals surface area contributed by atoms with E-state index in [1.165, 1.54) is 6.39 Å². The Balaban J connectivity index is 1.57. The summed E-state index contributed by atoms with van der Waals surface area (Å²) in [6.45, 7) is 3.43. The Hall–Kier alpha value is -2.28. The van der Waals surface area contributed by atoms with Crippen LogP contribution >= 0.6 is 0 Å². The highest BCUT2D eigenvalue weighted by Crippen LogP contribution is 2.15. The van der Waals surface area contributed by atoms with Gasteiger partial charge in [0.2, 0.25) is 0 Å². The third-order valence-electron chi connectivity index (χ3n) is 3.74. The van der Waals surface area contributed by atoms with Crippen LogP contribution in [0.3, 0.4) is 0 Å². The first-order chi connectivity index (χ1) is 10.7. The highest BCUT2D eigenvalue weighted by molar-refractivity contribution is 5.93. The van der Waals surface area contributed by atoms with E-state index >= 15 is 0 Å². The summed E-state index contributed by atoms with van der Waals surface area (Å²) < 4.78 is 10.9. The van der Waals surface area contributed by atoms with E-state index in [0.717, 1.165) is 18.5 Å². The number of morpholine rings is 1. The van der Waals surface area contributed by atoms with Gasteiger partial charge in [-0.15, -0.1) is 0 Å². The van der Waals surface area contributed by atoms with Crippen LogP contribution in [0.4, 0.5) is 0 Å². The predicted molar refractivity (Wildman–Crippen MR) is 77.2 cm³/mol. The quantitative estimate of drug-likeness (QED) is 0.845. The van der Waals surface area contributed by atoms with Crippen LogP contribution in [0, 0.1) is 6.92 Å². The third-order valence-corrected chi connectivity index (χ3v) is 3.74. The fourth-order valence-electron chi connectivity index (χ4n) is 2.51. The number of ether oxygens (including phenoxy) is 1. The molecule has 1 atom stereocenters. The van der Waals surface area contributed by atoms with E-state index in [1.54, 1.807) is 24.3 Å². The van der Waals surface area contributed by atoms with Gasteiger partial charge in [-0.1, -0.05) is 0 Å². The molecular formula is C15H18N4O3. The molecule has 0 aliphatic carbocycles. The lowest BCUT2D eigenvalue weighted by Crippen LogP contribution is -2.46. The number of hydrogen-bond acceptors (Lipinski definition) is 6. The molecule has 3 heterocycles. The Morgan fingerprint density at radius 3 is 3.09 bits per heavy atom. The second kappa shape index (κ2) is 6.65. The molecule has 22 heavy (non-hydrogen) atoms. The number of carbonyl (C=O) groups is 1. The minimum atomic E-state index is -0.0958. The van der Waals surface area contributed by atoms with Crippen LogP contribution in [-0.4, -0.2) is 51.6 Å². The van der Waals surface area contributed by atoms with Gasteiger partial charge in [0.05, 0.1) is 12.7 Å². The Labute approximate surface area is 128 Å². The van der Waals surface area contributed by atoms with Gasteiger partial charge in [-0.25, -0.2) is 15.0 Å². The van der Waals surface area contributed by atoms with Gasteiger partial charge in [-0.2, -0.15) is 0 Å². The van der Waals surface area contributed by atoms with Gasteiger partial charge in [-0.05, 0) is 25.8 Å². The van der Waals surface area contributed by atoms with Crippen molar-refractivity contribution in [1.82, 2.24) is 19.9 Å². The largest absolute Gasteiger partial charge is 0.448 e. The van der Waals surface area contributed by atoms with E-state index in [9.17, 15) is 4.79 Å². The molecule has 1 aliphatic heterocycles. The molecule has 0 saturated carbocycles. The Morgan fingerprint density at radius 2 is 2.36 bits per heavy atom. The van der Waals surface area contributed by atoms with Crippen LogP contribution in [0.1, 0.15) is 28.4 Å². The lowest BCUT2D eigenvalue weighted by atomic mass is 10.1. The monoisotopic (exact) mass is 302 g/mol. The zero-order chi connectivity index (χ0) is 15.4. The van der Waals surface area contributed by atoms with Gasteiger partial charge in [0.15, 0.2) is 12.1 Å². The molecule has 7 heteroatoms. The maximum absolute atomic E-state index is 12.4. The normalized spacial score (nSPS) is 18.4. The molecule has 0 bridgehead atoms. The van der Waals surface area contributed by atoms with Gasteiger partial charge in [0, 0.05) is 25.0 Å². The van der Waals surface area contributed by atoms with Crippen molar-refractivity contribution in [1.29, 1.82) is 0 Å². The van der Waals surface area contributed by atoms with E-state index in [2.05, 4.69) is 15.0 Å². The smallest absolute Gasteiger partial charge is 0.276 e. The van der Waals surface area contributed by atoms with Gasteiger partial charge in [0.25, 0.3) is 5.91 Å². The molecule has 1 amide bonds. The van der Waals surface area contributed by atoms with Crippen LogP contribution in [-0.2, 0) is 11.2 Å². The molecule has 3 rings (SSSR count). The summed E-state index contributed by atoms with van der Waals surface area (Å²) in [5.74, 6) is 0.454. The first kappa shape index (κ1) is 14.6. The van der Waals surface area contributed by atoms with E-state index < -0.39 is 0 Å². The van der Waals surface area contributed by atoms with Crippen molar-refractivity contribution in [2.75, 3.05) is 19.7 Å². The number of oxazole rings is 1. The zero-order valence-electron chi connectivity index (χ0n) is 12.4. The molecule has 0 spiro atoms. The number of aromatic nitrogens is 3. The van der Waals surface area contributed by atoms with Gasteiger partial charge in [-0.3, -0.25) is 4.79 Å². The maximum atomic E-state index is 12.4. The summed E-state index contributed by atoms with van der Waals surface area (Å²) >= 11 is 0. The SMILES string of the molecule is Cc1ocnc1C(=O)N1CCO[C@H](CCc2ccncn2)C1. The fraction of sp³-hybridized carbons (Fsp3) is 0.467. The highest BCUT2D eigenvalue weighted by Gasteiger charge is 2.27. The second-order valence-corrected chi connectivity index (χ2v) is 5.24. The summed E-state index contributed by atoms with van der Waals surface area (Å²) in [7, 11) is 0. The van der Waals surface area contributed by atoms with Crippen LogP contribution in [0.5, 0.6) is 0 Å².